The minimum Gasteiger partial charge on any atom is -0.395 e. The number of likely N-dealkylation sites (N-methyl/N-ethyl adjacent to an activating group) is 1. The van der Waals surface area contributed by atoms with E-state index in [4.69, 9.17) is 5.11 Å². The molecule has 8 heteroatoms. The van der Waals surface area contributed by atoms with Crippen LogP contribution in [-0.4, -0.2) is 41.7 Å². The van der Waals surface area contributed by atoms with E-state index in [-0.39, 0.29) is 22.4 Å². The zero-order valence-corrected chi connectivity index (χ0v) is 15.6. The van der Waals surface area contributed by atoms with Gasteiger partial charge in [-0.05, 0) is 37.7 Å². The maximum Gasteiger partial charge on any atom is 0.433 e. The fourth-order valence-electron chi connectivity index (χ4n) is 2.49. The van der Waals surface area contributed by atoms with Gasteiger partial charge >= 0.3 is 6.18 Å². The number of hydrogen-bond acceptors (Lipinski definition) is 5. The van der Waals surface area contributed by atoms with Crippen LogP contribution in [0.15, 0.2) is 47.5 Å². The van der Waals surface area contributed by atoms with Gasteiger partial charge in [0, 0.05) is 11.8 Å². The second kappa shape index (κ2) is 9.74. The van der Waals surface area contributed by atoms with E-state index >= 15 is 0 Å². The van der Waals surface area contributed by atoms with Crippen LogP contribution >= 0.6 is 11.8 Å². The van der Waals surface area contributed by atoms with Crippen LogP contribution in [0.1, 0.15) is 28.5 Å². The van der Waals surface area contributed by atoms with Crippen LogP contribution in [0, 0.1) is 11.3 Å². The van der Waals surface area contributed by atoms with Crippen molar-refractivity contribution in [2.75, 3.05) is 26.7 Å². The van der Waals surface area contributed by atoms with Crippen LogP contribution in [0.25, 0.3) is 0 Å². The third kappa shape index (κ3) is 6.24. The third-order valence-corrected chi connectivity index (χ3v) is 5.28. The lowest BCUT2D eigenvalue weighted by Gasteiger charge is -2.21. The van der Waals surface area contributed by atoms with Crippen molar-refractivity contribution in [3.05, 3.63) is 59.3 Å². The number of alkyl halides is 3. The SMILES string of the molecule is CN(CCO)CC[C@@H](Sc1nc(C(F)(F)F)ccc1C#N)c1ccccc1. The minimum absolute atomic E-state index is 0.0351. The fourth-order valence-corrected chi connectivity index (χ4v) is 3.67. The maximum absolute atomic E-state index is 13.0. The highest BCUT2D eigenvalue weighted by Gasteiger charge is 2.33. The van der Waals surface area contributed by atoms with Gasteiger partial charge in [-0.25, -0.2) is 4.98 Å². The van der Waals surface area contributed by atoms with Crippen LogP contribution in [0.5, 0.6) is 0 Å². The molecule has 0 aliphatic rings. The molecule has 0 bridgehead atoms. The summed E-state index contributed by atoms with van der Waals surface area (Å²) in [7, 11) is 1.87. The van der Waals surface area contributed by atoms with Crippen LogP contribution in [-0.2, 0) is 6.18 Å². The summed E-state index contributed by atoms with van der Waals surface area (Å²) in [5.74, 6) is 0. The topological polar surface area (TPSA) is 60.1 Å². The number of halogens is 3. The second-order valence-corrected chi connectivity index (χ2v) is 7.18. The Kier molecular flexibility index (Phi) is 7.66. The molecule has 27 heavy (non-hydrogen) atoms. The van der Waals surface area contributed by atoms with E-state index in [1.54, 1.807) is 0 Å². The van der Waals surface area contributed by atoms with Gasteiger partial charge in [0.2, 0.25) is 0 Å². The van der Waals surface area contributed by atoms with Gasteiger partial charge in [0.05, 0.1) is 12.2 Å². The number of benzene rings is 1. The van der Waals surface area contributed by atoms with Crippen molar-refractivity contribution in [2.45, 2.75) is 22.9 Å². The van der Waals surface area contributed by atoms with Gasteiger partial charge in [-0.2, -0.15) is 18.4 Å². The van der Waals surface area contributed by atoms with Gasteiger partial charge in [0.25, 0.3) is 0 Å². The van der Waals surface area contributed by atoms with Crippen LogP contribution in [0.3, 0.4) is 0 Å². The zero-order chi connectivity index (χ0) is 19.9. The molecule has 4 nitrogen and oxygen atoms in total. The van der Waals surface area contributed by atoms with Crippen molar-refractivity contribution >= 4 is 11.8 Å². The summed E-state index contributed by atoms with van der Waals surface area (Å²) in [5, 5.41) is 18.2. The fraction of sp³-hybridized carbons (Fsp3) is 0.368. The summed E-state index contributed by atoms with van der Waals surface area (Å²) in [4.78, 5) is 5.65. The first-order valence-electron chi connectivity index (χ1n) is 8.34. The Labute approximate surface area is 160 Å². The molecule has 1 atom stereocenters. The molecule has 0 amide bonds. The molecule has 2 rings (SSSR count). The molecule has 0 unspecified atom stereocenters. The number of aromatic nitrogens is 1. The number of hydrogen-bond donors (Lipinski definition) is 1. The van der Waals surface area contributed by atoms with Crippen molar-refractivity contribution in [3.8, 4) is 6.07 Å². The zero-order valence-electron chi connectivity index (χ0n) is 14.8. The molecular weight excluding hydrogens is 375 g/mol. The summed E-state index contributed by atoms with van der Waals surface area (Å²) in [6, 6.07) is 13.3. The molecule has 1 aromatic carbocycles. The normalized spacial score (nSPS) is 12.8. The molecule has 0 saturated heterocycles. The number of rotatable bonds is 8. The smallest absolute Gasteiger partial charge is 0.395 e. The second-order valence-electron chi connectivity index (χ2n) is 5.99. The summed E-state index contributed by atoms with van der Waals surface area (Å²) in [6.07, 6.45) is -3.93. The van der Waals surface area contributed by atoms with Gasteiger partial charge < -0.3 is 10.0 Å². The predicted octanol–water partition coefficient (Wildman–Crippen LogP) is 4.12. The Hall–Kier alpha value is -2.08. The Morgan fingerprint density at radius 3 is 2.48 bits per heavy atom. The molecule has 0 aliphatic carbocycles. The molecule has 1 heterocycles. The van der Waals surface area contributed by atoms with E-state index in [9.17, 15) is 18.4 Å². The number of nitriles is 1. The highest BCUT2D eigenvalue weighted by Crippen LogP contribution is 2.39. The number of thioether (sulfide) groups is 1. The number of pyridine rings is 1. The van der Waals surface area contributed by atoms with Crippen molar-refractivity contribution in [2.24, 2.45) is 0 Å². The van der Waals surface area contributed by atoms with Crippen LogP contribution < -0.4 is 0 Å². The summed E-state index contributed by atoms with van der Waals surface area (Å²) >= 11 is 1.16. The standard InChI is InChI=1S/C19H20F3N3OS/c1-25(11-12-26)10-9-16(14-5-3-2-4-6-14)27-18-15(13-23)7-8-17(24-18)19(20,21)22/h2-8,16,26H,9-12H2,1H3/t16-/m1/s1. The average molecular weight is 395 g/mol. The first-order chi connectivity index (χ1) is 12.8. The summed E-state index contributed by atoms with van der Waals surface area (Å²) < 4.78 is 39.1. The Morgan fingerprint density at radius 1 is 1.19 bits per heavy atom. The highest BCUT2D eigenvalue weighted by atomic mass is 32.2. The van der Waals surface area contributed by atoms with Crippen molar-refractivity contribution in [3.63, 3.8) is 0 Å². The van der Waals surface area contributed by atoms with Gasteiger partial charge in [-0.1, -0.05) is 42.1 Å². The van der Waals surface area contributed by atoms with E-state index < -0.39 is 11.9 Å². The molecule has 144 valence electrons. The number of aliphatic hydroxyl groups excluding tert-OH is 1. The molecule has 0 spiro atoms. The monoisotopic (exact) mass is 395 g/mol. The van der Waals surface area contributed by atoms with E-state index in [1.807, 2.05) is 48.3 Å². The molecule has 2 aromatic rings. The Balaban J connectivity index is 2.30. The lowest BCUT2D eigenvalue weighted by Crippen LogP contribution is -2.24. The van der Waals surface area contributed by atoms with Crippen molar-refractivity contribution in [1.29, 1.82) is 5.26 Å². The van der Waals surface area contributed by atoms with Crippen molar-refractivity contribution < 1.29 is 18.3 Å². The average Bonchev–Trinajstić information content (AvgIpc) is 2.65. The van der Waals surface area contributed by atoms with Gasteiger partial charge in [-0.3, -0.25) is 0 Å². The van der Waals surface area contributed by atoms with E-state index in [1.165, 1.54) is 0 Å². The third-order valence-electron chi connectivity index (χ3n) is 3.95. The van der Waals surface area contributed by atoms with E-state index in [0.29, 0.717) is 19.5 Å². The molecule has 1 aromatic heterocycles. The van der Waals surface area contributed by atoms with E-state index in [0.717, 1.165) is 29.5 Å². The molecule has 0 saturated carbocycles. The Bertz CT molecular complexity index is 778. The van der Waals surface area contributed by atoms with Gasteiger partial charge in [0.15, 0.2) is 0 Å². The van der Waals surface area contributed by atoms with Crippen LogP contribution in [0.2, 0.25) is 0 Å². The molecule has 0 radical (unpaired) electrons. The largest absolute Gasteiger partial charge is 0.433 e. The minimum atomic E-state index is -4.56. The van der Waals surface area contributed by atoms with E-state index in [2.05, 4.69) is 4.98 Å². The maximum atomic E-state index is 13.0. The number of aliphatic hydroxyl groups is 1. The summed E-state index contributed by atoms with van der Waals surface area (Å²) in [5.41, 5.74) is 0.0638. The first-order valence-corrected chi connectivity index (χ1v) is 9.22. The lowest BCUT2D eigenvalue weighted by atomic mass is 10.1. The predicted molar refractivity (Wildman–Crippen MR) is 98.2 cm³/mol. The van der Waals surface area contributed by atoms with Gasteiger partial charge in [0.1, 0.15) is 16.8 Å². The Morgan fingerprint density at radius 2 is 1.89 bits per heavy atom. The quantitative estimate of drug-likeness (QED) is 0.682. The lowest BCUT2D eigenvalue weighted by molar-refractivity contribution is -0.141. The number of nitrogens with zero attached hydrogens (tertiary/aromatic N) is 3. The summed E-state index contributed by atoms with van der Waals surface area (Å²) in [6.45, 7) is 1.19. The molecule has 0 fully saturated rings. The first kappa shape index (κ1) is 21.2. The van der Waals surface area contributed by atoms with Gasteiger partial charge in [-0.15, -0.1) is 0 Å². The molecular formula is C19H20F3N3OS. The van der Waals surface area contributed by atoms with Crippen molar-refractivity contribution in [1.82, 2.24) is 9.88 Å². The molecule has 1 N–H and O–H groups in total. The molecule has 0 aliphatic heterocycles. The highest BCUT2D eigenvalue weighted by molar-refractivity contribution is 7.99. The van der Waals surface area contributed by atoms with Crippen LogP contribution in [0.4, 0.5) is 13.2 Å².